The monoisotopic (exact) mass is 416 g/mol. The Bertz CT molecular complexity index is 818. The van der Waals surface area contributed by atoms with Gasteiger partial charge in [0.25, 0.3) is 0 Å². The number of carbonyl (C=O) groups is 1. The normalized spacial score (nSPS) is 17.5. The highest BCUT2D eigenvalue weighted by molar-refractivity contribution is 7.10. The Morgan fingerprint density at radius 2 is 2.14 bits per heavy atom. The highest BCUT2D eigenvalue weighted by Crippen LogP contribution is 2.34. The average Bonchev–Trinajstić information content (AvgIpc) is 3.14. The van der Waals surface area contributed by atoms with Crippen molar-refractivity contribution in [3.05, 3.63) is 51.7 Å². The lowest BCUT2D eigenvalue weighted by Crippen LogP contribution is -2.49. The van der Waals surface area contributed by atoms with E-state index in [-0.39, 0.29) is 18.0 Å². The Balaban J connectivity index is 1.75. The second-order valence-electron chi connectivity index (χ2n) is 8.15. The van der Waals surface area contributed by atoms with Gasteiger partial charge in [-0.2, -0.15) is 0 Å². The van der Waals surface area contributed by atoms with Crippen molar-refractivity contribution in [2.75, 3.05) is 26.2 Å². The van der Waals surface area contributed by atoms with Gasteiger partial charge in [-0.1, -0.05) is 12.1 Å². The van der Waals surface area contributed by atoms with Gasteiger partial charge in [0.2, 0.25) is 5.91 Å². The molecular weight excluding hydrogens is 384 g/mol. The first-order valence-electron chi connectivity index (χ1n) is 10.3. The van der Waals surface area contributed by atoms with Crippen LogP contribution in [0.4, 0.5) is 0 Å². The number of hydrogen-bond acceptors (Lipinski definition) is 5. The Hall–Kier alpha value is -1.89. The lowest BCUT2D eigenvalue weighted by atomic mass is 10.00. The number of nitrogens with zero attached hydrogens (tertiary/aromatic N) is 2. The van der Waals surface area contributed by atoms with Crippen molar-refractivity contribution in [2.24, 2.45) is 0 Å². The molecule has 158 valence electrons. The smallest absolute Gasteiger partial charge is 0.237 e. The number of rotatable bonds is 8. The number of aliphatic hydroxyl groups is 1. The number of amides is 1. The number of fused-ring (bicyclic) bond motifs is 1. The first-order valence-corrected chi connectivity index (χ1v) is 11.2. The number of ether oxygens (including phenoxy) is 1. The zero-order chi connectivity index (χ0) is 21.0. The van der Waals surface area contributed by atoms with E-state index in [1.807, 2.05) is 41.0 Å². The van der Waals surface area contributed by atoms with E-state index in [1.54, 1.807) is 18.3 Å². The van der Waals surface area contributed by atoms with Crippen LogP contribution in [-0.2, 0) is 11.2 Å². The minimum absolute atomic E-state index is 0.0847. The minimum atomic E-state index is -0.463. The second-order valence-corrected chi connectivity index (χ2v) is 9.15. The van der Waals surface area contributed by atoms with E-state index in [2.05, 4.69) is 25.3 Å². The minimum Gasteiger partial charge on any atom is -0.491 e. The standard InChI is InChI=1S/C23H32N2O3S/c1-16(2)24(13-18(4)26)14-23(27)25-10-8-22-20(9-11-29-22)21(25)15-28-19-7-5-6-17(3)12-19/h5-7,9,11-12,16,18,21,26H,8,10,13-15H2,1-4H3/t18-,21-/m1/s1. The van der Waals surface area contributed by atoms with Crippen molar-refractivity contribution in [1.82, 2.24) is 9.80 Å². The van der Waals surface area contributed by atoms with Crippen LogP contribution in [0.25, 0.3) is 0 Å². The van der Waals surface area contributed by atoms with Crippen molar-refractivity contribution in [3.8, 4) is 5.75 Å². The summed E-state index contributed by atoms with van der Waals surface area (Å²) >= 11 is 1.76. The largest absolute Gasteiger partial charge is 0.491 e. The van der Waals surface area contributed by atoms with Crippen LogP contribution >= 0.6 is 11.3 Å². The first kappa shape index (κ1) is 21.8. The maximum absolute atomic E-state index is 13.3. The highest BCUT2D eigenvalue weighted by Gasteiger charge is 2.33. The van der Waals surface area contributed by atoms with Crippen LogP contribution in [0, 0.1) is 6.92 Å². The summed E-state index contributed by atoms with van der Waals surface area (Å²) in [7, 11) is 0. The van der Waals surface area contributed by atoms with Crippen molar-refractivity contribution < 1.29 is 14.6 Å². The molecule has 0 unspecified atom stereocenters. The van der Waals surface area contributed by atoms with Crippen molar-refractivity contribution in [1.29, 1.82) is 0 Å². The van der Waals surface area contributed by atoms with Crippen LogP contribution in [0.15, 0.2) is 35.7 Å². The summed E-state index contributed by atoms with van der Waals surface area (Å²) in [5, 5.41) is 11.9. The molecule has 0 fully saturated rings. The van der Waals surface area contributed by atoms with Gasteiger partial charge in [-0.3, -0.25) is 9.69 Å². The van der Waals surface area contributed by atoms with Gasteiger partial charge in [0.15, 0.2) is 0 Å². The molecule has 2 atom stereocenters. The third kappa shape index (κ3) is 5.59. The van der Waals surface area contributed by atoms with E-state index in [4.69, 9.17) is 4.74 Å². The van der Waals surface area contributed by atoms with Gasteiger partial charge < -0.3 is 14.7 Å². The molecule has 1 N–H and O–H groups in total. The van der Waals surface area contributed by atoms with Crippen LogP contribution < -0.4 is 4.74 Å². The molecule has 0 radical (unpaired) electrons. The molecule has 1 aromatic carbocycles. The van der Waals surface area contributed by atoms with Gasteiger partial charge in [-0.25, -0.2) is 0 Å². The molecule has 29 heavy (non-hydrogen) atoms. The number of aliphatic hydroxyl groups excluding tert-OH is 1. The lowest BCUT2D eigenvalue weighted by Gasteiger charge is -2.38. The predicted molar refractivity (Wildman–Crippen MR) is 118 cm³/mol. The first-order chi connectivity index (χ1) is 13.8. The Morgan fingerprint density at radius 3 is 2.83 bits per heavy atom. The highest BCUT2D eigenvalue weighted by atomic mass is 32.1. The molecule has 1 aromatic heterocycles. The summed E-state index contributed by atoms with van der Waals surface area (Å²) < 4.78 is 6.11. The summed E-state index contributed by atoms with van der Waals surface area (Å²) in [5.41, 5.74) is 2.36. The summed E-state index contributed by atoms with van der Waals surface area (Å²) in [6, 6.07) is 10.2. The van der Waals surface area contributed by atoms with Crippen LogP contribution in [0.1, 0.15) is 42.8 Å². The molecule has 1 aliphatic heterocycles. The molecular formula is C23H32N2O3S. The Labute approximate surface area is 177 Å². The Morgan fingerprint density at radius 1 is 1.34 bits per heavy atom. The van der Waals surface area contributed by atoms with Crippen LogP contribution in [0.2, 0.25) is 0 Å². The summed E-state index contributed by atoms with van der Waals surface area (Å²) in [6.45, 7) is 9.86. The van der Waals surface area contributed by atoms with E-state index < -0.39 is 6.10 Å². The van der Waals surface area contributed by atoms with E-state index in [9.17, 15) is 9.90 Å². The number of thiophene rings is 1. The number of hydrogen-bond donors (Lipinski definition) is 1. The zero-order valence-electron chi connectivity index (χ0n) is 17.8. The number of carbonyl (C=O) groups excluding carboxylic acids is 1. The van der Waals surface area contributed by atoms with Gasteiger partial charge in [-0.05, 0) is 68.8 Å². The molecule has 0 saturated heterocycles. The van der Waals surface area contributed by atoms with Crippen LogP contribution in [0.3, 0.4) is 0 Å². The van der Waals surface area contributed by atoms with E-state index in [0.717, 1.165) is 17.7 Å². The van der Waals surface area contributed by atoms with Crippen molar-refractivity contribution in [3.63, 3.8) is 0 Å². The fourth-order valence-corrected chi connectivity index (χ4v) is 4.74. The quantitative estimate of drug-likeness (QED) is 0.714. The number of benzene rings is 1. The molecule has 2 heterocycles. The summed E-state index contributed by atoms with van der Waals surface area (Å²) in [4.78, 5) is 18.6. The van der Waals surface area contributed by atoms with Crippen LogP contribution in [0.5, 0.6) is 5.75 Å². The second kappa shape index (κ2) is 9.74. The van der Waals surface area contributed by atoms with E-state index in [0.29, 0.717) is 26.2 Å². The fraction of sp³-hybridized carbons (Fsp3) is 0.522. The predicted octanol–water partition coefficient (Wildman–Crippen LogP) is 3.65. The molecule has 1 aliphatic rings. The molecule has 1 amide bonds. The SMILES string of the molecule is Cc1cccc(OC[C@@H]2c3ccsc3CCN2C(=O)CN(C[C@@H](C)O)C(C)C)c1. The van der Waals surface area contributed by atoms with Crippen molar-refractivity contribution >= 4 is 17.2 Å². The van der Waals surface area contributed by atoms with Gasteiger partial charge in [0.05, 0.1) is 18.7 Å². The molecule has 0 saturated carbocycles. The fourth-order valence-electron chi connectivity index (χ4n) is 3.82. The summed E-state index contributed by atoms with van der Waals surface area (Å²) in [6.07, 6.45) is 0.424. The van der Waals surface area contributed by atoms with Gasteiger partial charge in [0.1, 0.15) is 12.4 Å². The van der Waals surface area contributed by atoms with Gasteiger partial charge >= 0.3 is 0 Å². The van der Waals surface area contributed by atoms with Gasteiger partial charge in [0, 0.05) is 24.0 Å². The lowest BCUT2D eigenvalue weighted by molar-refractivity contribution is -0.136. The molecule has 6 heteroatoms. The Kier molecular flexibility index (Phi) is 7.33. The van der Waals surface area contributed by atoms with Crippen LogP contribution in [-0.4, -0.2) is 59.2 Å². The average molecular weight is 417 g/mol. The third-order valence-electron chi connectivity index (χ3n) is 5.38. The molecule has 0 spiro atoms. The maximum atomic E-state index is 13.3. The van der Waals surface area contributed by atoms with E-state index in [1.165, 1.54) is 10.4 Å². The topological polar surface area (TPSA) is 53.0 Å². The molecule has 0 bridgehead atoms. The van der Waals surface area contributed by atoms with Crippen molar-refractivity contribution in [2.45, 2.75) is 52.3 Å². The van der Waals surface area contributed by atoms with E-state index >= 15 is 0 Å². The molecule has 3 rings (SSSR count). The maximum Gasteiger partial charge on any atom is 0.237 e. The molecule has 5 nitrogen and oxygen atoms in total. The third-order valence-corrected chi connectivity index (χ3v) is 6.38. The van der Waals surface area contributed by atoms with Gasteiger partial charge in [-0.15, -0.1) is 11.3 Å². The summed E-state index contributed by atoms with van der Waals surface area (Å²) in [5.74, 6) is 0.923. The molecule has 2 aromatic rings. The zero-order valence-corrected chi connectivity index (χ0v) is 18.6. The molecule has 0 aliphatic carbocycles. The number of aryl methyl sites for hydroxylation is 1.